The molecule has 0 radical (unpaired) electrons. The van der Waals surface area contributed by atoms with Gasteiger partial charge in [-0.2, -0.15) is 0 Å². The maximum atomic E-state index is 14.0. The predicted molar refractivity (Wildman–Crippen MR) is 152 cm³/mol. The Labute approximate surface area is 236 Å². The number of nitrogens with one attached hydrogen (secondary N) is 1. The van der Waals surface area contributed by atoms with Gasteiger partial charge in [0, 0.05) is 30.6 Å². The summed E-state index contributed by atoms with van der Waals surface area (Å²) in [5.41, 5.74) is 1.92. The Balaban J connectivity index is 1.70. The Morgan fingerprint density at radius 3 is 2.26 bits per heavy atom. The van der Waals surface area contributed by atoms with E-state index in [2.05, 4.69) is 21.2 Å². The Bertz CT molecular complexity index is 1420. The second-order valence-electron chi connectivity index (χ2n) is 9.07. The van der Waals surface area contributed by atoms with Gasteiger partial charge in [-0.3, -0.25) is 13.9 Å². The van der Waals surface area contributed by atoms with Gasteiger partial charge in [0.1, 0.15) is 25.8 Å². The second kappa shape index (κ2) is 12.5. The third kappa shape index (κ3) is 7.30. The molecule has 1 aliphatic heterocycles. The number of benzene rings is 3. The van der Waals surface area contributed by atoms with Gasteiger partial charge in [-0.1, -0.05) is 58.4 Å². The van der Waals surface area contributed by atoms with Gasteiger partial charge in [0.25, 0.3) is 0 Å². The second-order valence-corrected chi connectivity index (χ2v) is 11.9. The van der Waals surface area contributed by atoms with Gasteiger partial charge in [0.15, 0.2) is 11.5 Å². The molecule has 1 heterocycles. The molecule has 39 heavy (non-hydrogen) atoms. The molecule has 0 spiro atoms. The average Bonchev–Trinajstić information content (AvgIpc) is 2.93. The minimum absolute atomic E-state index is 0.107. The van der Waals surface area contributed by atoms with E-state index in [1.54, 1.807) is 18.2 Å². The standard InChI is InChI=1S/C28H30BrN3O6S/c1-30-28(34)24(16-20-6-4-3-5-7-20)31(18-21-8-10-22(29)11-9-21)27(33)19-32(39(2,35)36)23-12-13-25-26(17-23)38-15-14-37-25/h3-13,17,24H,14-16,18-19H2,1-2H3,(H,30,34)/t24-/m0/s1. The maximum absolute atomic E-state index is 14.0. The number of hydrogen-bond acceptors (Lipinski definition) is 6. The minimum atomic E-state index is -3.88. The third-order valence-electron chi connectivity index (χ3n) is 6.28. The summed E-state index contributed by atoms with van der Waals surface area (Å²) < 4.78 is 38.9. The van der Waals surface area contributed by atoms with Crippen LogP contribution in [0.4, 0.5) is 5.69 Å². The first-order chi connectivity index (χ1) is 18.7. The lowest BCUT2D eigenvalue weighted by Gasteiger charge is -2.33. The molecule has 0 unspecified atom stereocenters. The number of hydrogen-bond donors (Lipinski definition) is 1. The van der Waals surface area contributed by atoms with Crippen LogP contribution in [0.3, 0.4) is 0 Å². The molecule has 0 saturated heterocycles. The number of carbonyl (C=O) groups excluding carboxylic acids is 2. The highest BCUT2D eigenvalue weighted by molar-refractivity contribution is 9.10. The summed E-state index contributed by atoms with van der Waals surface area (Å²) in [6.07, 6.45) is 1.29. The van der Waals surface area contributed by atoms with Crippen molar-refractivity contribution in [3.63, 3.8) is 0 Å². The SMILES string of the molecule is CNC(=O)[C@H](Cc1ccccc1)N(Cc1ccc(Br)cc1)C(=O)CN(c1ccc2c(c1)OCCO2)S(C)(=O)=O. The van der Waals surface area contributed by atoms with Crippen molar-refractivity contribution in [2.24, 2.45) is 0 Å². The van der Waals surface area contributed by atoms with E-state index in [9.17, 15) is 18.0 Å². The first kappa shape index (κ1) is 28.4. The van der Waals surface area contributed by atoms with Crippen molar-refractivity contribution in [1.29, 1.82) is 0 Å². The van der Waals surface area contributed by atoms with Crippen LogP contribution in [0.15, 0.2) is 77.3 Å². The lowest BCUT2D eigenvalue weighted by Crippen LogP contribution is -2.52. The van der Waals surface area contributed by atoms with Crippen LogP contribution in [0.2, 0.25) is 0 Å². The topological polar surface area (TPSA) is 105 Å². The Kier molecular flexibility index (Phi) is 9.13. The van der Waals surface area contributed by atoms with Gasteiger partial charge in [0.2, 0.25) is 21.8 Å². The molecule has 3 aromatic carbocycles. The van der Waals surface area contributed by atoms with E-state index in [4.69, 9.17) is 9.47 Å². The molecule has 3 aromatic rings. The van der Waals surface area contributed by atoms with Crippen molar-refractivity contribution >= 4 is 43.5 Å². The van der Waals surface area contributed by atoms with Crippen molar-refractivity contribution in [2.45, 2.75) is 19.0 Å². The molecule has 206 valence electrons. The number of halogens is 1. The lowest BCUT2D eigenvalue weighted by atomic mass is 10.0. The van der Waals surface area contributed by atoms with Gasteiger partial charge in [0.05, 0.1) is 11.9 Å². The number of carbonyl (C=O) groups is 2. The zero-order chi connectivity index (χ0) is 28.0. The number of fused-ring (bicyclic) bond motifs is 1. The summed E-state index contributed by atoms with van der Waals surface area (Å²) in [6, 6.07) is 20.6. The highest BCUT2D eigenvalue weighted by Gasteiger charge is 2.33. The summed E-state index contributed by atoms with van der Waals surface area (Å²) in [7, 11) is -2.36. The zero-order valence-corrected chi connectivity index (χ0v) is 24.1. The van der Waals surface area contributed by atoms with Crippen molar-refractivity contribution < 1.29 is 27.5 Å². The van der Waals surface area contributed by atoms with Crippen molar-refractivity contribution in [1.82, 2.24) is 10.2 Å². The van der Waals surface area contributed by atoms with E-state index in [1.165, 1.54) is 11.9 Å². The van der Waals surface area contributed by atoms with Gasteiger partial charge >= 0.3 is 0 Å². The van der Waals surface area contributed by atoms with Crippen LogP contribution in [-0.2, 0) is 32.6 Å². The van der Waals surface area contributed by atoms with Gasteiger partial charge < -0.3 is 19.7 Å². The first-order valence-corrected chi connectivity index (χ1v) is 15.0. The first-order valence-electron chi connectivity index (χ1n) is 12.3. The van der Waals surface area contributed by atoms with Crippen LogP contribution in [0.5, 0.6) is 11.5 Å². The van der Waals surface area contributed by atoms with Crippen LogP contribution in [0.1, 0.15) is 11.1 Å². The number of sulfonamides is 1. The molecule has 1 N–H and O–H groups in total. The molecule has 0 fully saturated rings. The number of anilines is 1. The summed E-state index contributed by atoms with van der Waals surface area (Å²) >= 11 is 3.42. The molecule has 2 amide bonds. The van der Waals surface area contributed by atoms with Gasteiger partial charge in [-0.25, -0.2) is 8.42 Å². The molecular formula is C28H30BrN3O6S. The maximum Gasteiger partial charge on any atom is 0.244 e. The van der Waals surface area contributed by atoms with Gasteiger partial charge in [-0.15, -0.1) is 0 Å². The molecule has 0 saturated carbocycles. The van der Waals surface area contributed by atoms with Crippen LogP contribution >= 0.6 is 15.9 Å². The van der Waals surface area contributed by atoms with E-state index < -0.39 is 28.5 Å². The number of amides is 2. The summed E-state index contributed by atoms with van der Waals surface area (Å²) in [5, 5.41) is 2.66. The molecule has 4 rings (SSSR count). The molecule has 1 aliphatic rings. The molecule has 0 bridgehead atoms. The summed E-state index contributed by atoms with van der Waals surface area (Å²) in [6.45, 7) is 0.337. The van der Waals surface area contributed by atoms with Crippen LogP contribution in [0, 0.1) is 0 Å². The van der Waals surface area contributed by atoms with Crippen LogP contribution < -0.4 is 19.1 Å². The van der Waals surface area contributed by atoms with E-state index in [-0.39, 0.29) is 24.6 Å². The third-order valence-corrected chi connectivity index (χ3v) is 7.95. The molecule has 0 aliphatic carbocycles. The van der Waals surface area contributed by atoms with E-state index >= 15 is 0 Å². The normalized spacial score (nSPS) is 13.3. The van der Waals surface area contributed by atoms with Crippen molar-refractivity contribution in [3.05, 3.63) is 88.4 Å². The predicted octanol–water partition coefficient (Wildman–Crippen LogP) is 3.37. The lowest BCUT2D eigenvalue weighted by molar-refractivity contribution is -0.139. The quantitative estimate of drug-likeness (QED) is 0.375. The van der Waals surface area contributed by atoms with Crippen LogP contribution in [0.25, 0.3) is 0 Å². The number of rotatable bonds is 10. The number of ether oxygens (including phenoxy) is 2. The Morgan fingerprint density at radius 1 is 0.949 bits per heavy atom. The molecular weight excluding hydrogens is 586 g/mol. The van der Waals surface area contributed by atoms with Crippen molar-refractivity contribution in [2.75, 3.05) is 37.4 Å². The summed E-state index contributed by atoms with van der Waals surface area (Å²) in [4.78, 5) is 28.5. The monoisotopic (exact) mass is 615 g/mol. The fourth-order valence-electron chi connectivity index (χ4n) is 4.31. The molecule has 11 heteroatoms. The zero-order valence-electron chi connectivity index (χ0n) is 21.7. The number of nitrogens with zero attached hydrogens (tertiary/aromatic N) is 2. The van der Waals surface area contributed by atoms with E-state index in [1.807, 2.05) is 54.6 Å². The highest BCUT2D eigenvalue weighted by atomic mass is 79.9. The highest BCUT2D eigenvalue weighted by Crippen LogP contribution is 2.34. The van der Waals surface area contributed by atoms with E-state index in [0.29, 0.717) is 24.7 Å². The fourth-order valence-corrected chi connectivity index (χ4v) is 5.41. The number of likely N-dealkylation sites (N-methyl/N-ethyl adjacent to an activating group) is 1. The summed E-state index contributed by atoms with van der Waals surface area (Å²) in [5.74, 6) is 0.0281. The average molecular weight is 617 g/mol. The molecule has 9 nitrogen and oxygen atoms in total. The van der Waals surface area contributed by atoms with Gasteiger partial charge in [-0.05, 0) is 35.4 Å². The minimum Gasteiger partial charge on any atom is -0.486 e. The Hall–Kier alpha value is -3.57. The largest absolute Gasteiger partial charge is 0.486 e. The smallest absolute Gasteiger partial charge is 0.244 e. The van der Waals surface area contributed by atoms with Crippen LogP contribution in [-0.4, -0.2) is 64.2 Å². The Morgan fingerprint density at radius 2 is 1.62 bits per heavy atom. The van der Waals surface area contributed by atoms with E-state index in [0.717, 1.165) is 26.2 Å². The fraction of sp³-hybridized carbons (Fsp3) is 0.286. The molecule has 1 atom stereocenters. The van der Waals surface area contributed by atoms with Crippen molar-refractivity contribution in [3.8, 4) is 11.5 Å². The molecule has 0 aromatic heterocycles.